The fourth-order valence-corrected chi connectivity index (χ4v) is 2.80. The summed E-state index contributed by atoms with van der Waals surface area (Å²) in [5.74, 6) is -0.145. The van der Waals surface area contributed by atoms with Gasteiger partial charge in [-0.25, -0.2) is 4.68 Å². The average molecular weight is 346 g/mol. The van der Waals surface area contributed by atoms with Crippen molar-refractivity contribution in [2.24, 2.45) is 0 Å². The van der Waals surface area contributed by atoms with Gasteiger partial charge < -0.3 is 5.32 Å². The van der Waals surface area contributed by atoms with Gasteiger partial charge in [0.05, 0.1) is 30.4 Å². The molecule has 130 valence electrons. The third-order valence-electron chi connectivity index (χ3n) is 4.11. The zero-order chi connectivity index (χ0) is 17.8. The quantitative estimate of drug-likeness (QED) is 0.580. The summed E-state index contributed by atoms with van der Waals surface area (Å²) in [6, 6.07) is 17.8. The number of benzene rings is 2. The maximum atomic E-state index is 12.3. The Kier molecular flexibility index (Phi) is 4.42. The zero-order valence-electron chi connectivity index (χ0n) is 14.1. The predicted molar refractivity (Wildman–Crippen MR) is 97.6 cm³/mol. The number of nitrogens with one attached hydrogen (secondary N) is 1. The van der Waals surface area contributed by atoms with Gasteiger partial charge in [-0.15, -0.1) is 5.10 Å². The number of nitrogens with zero attached hydrogens (tertiary/aromatic N) is 5. The topological polar surface area (TPSA) is 77.6 Å². The first kappa shape index (κ1) is 16.0. The van der Waals surface area contributed by atoms with Crippen LogP contribution in [0.25, 0.3) is 11.0 Å². The predicted octanol–water partition coefficient (Wildman–Crippen LogP) is 2.11. The van der Waals surface area contributed by atoms with E-state index in [2.05, 4.69) is 20.7 Å². The lowest BCUT2D eigenvalue weighted by molar-refractivity contribution is 0.0952. The molecule has 0 aliphatic heterocycles. The fraction of sp³-hybridized carbons (Fsp3) is 0.158. The number of fused-ring (bicyclic) bond motifs is 1. The van der Waals surface area contributed by atoms with E-state index in [0.717, 1.165) is 16.6 Å². The first-order chi connectivity index (χ1) is 12.8. The highest BCUT2D eigenvalue weighted by molar-refractivity contribution is 5.93. The number of carbonyl (C=O) groups excluding carboxylic acids is 1. The summed E-state index contributed by atoms with van der Waals surface area (Å²) in [6.07, 6.45) is 3.34. The first-order valence-corrected chi connectivity index (χ1v) is 8.42. The molecule has 0 saturated heterocycles. The van der Waals surface area contributed by atoms with Crippen molar-refractivity contribution in [1.29, 1.82) is 0 Å². The Morgan fingerprint density at radius 1 is 1.04 bits per heavy atom. The lowest BCUT2D eigenvalue weighted by Crippen LogP contribution is -2.27. The normalized spacial score (nSPS) is 10.9. The van der Waals surface area contributed by atoms with Crippen LogP contribution < -0.4 is 5.32 Å². The molecule has 2 aromatic heterocycles. The van der Waals surface area contributed by atoms with Crippen LogP contribution in [0.1, 0.15) is 15.9 Å². The molecule has 0 spiro atoms. The molecule has 1 amide bonds. The molecule has 7 heteroatoms. The second-order valence-electron chi connectivity index (χ2n) is 5.97. The number of hydrogen-bond acceptors (Lipinski definition) is 4. The van der Waals surface area contributed by atoms with Crippen LogP contribution in [-0.2, 0) is 13.1 Å². The number of amides is 1. The molecule has 0 atom stereocenters. The Hall–Kier alpha value is -3.48. The van der Waals surface area contributed by atoms with Gasteiger partial charge in [-0.05, 0) is 17.7 Å². The molecule has 0 aliphatic carbocycles. The van der Waals surface area contributed by atoms with Crippen molar-refractivity contribution in [3.63, 3.8) is 0 Å². The standard InChI is InChI=1S/C19H18N6O/c26-19(16-12-21-24(14-16)13-15-6-2-1-3-7-15)20-10-11-25-18-9-5-4-8-17(18)22-23-25/h1-9,12,14H,10-11,13H2,(H,20,26). The molecule has 26 heavy (non-hydrogen) atoms. The second-order valence-corrected chi connectivity index (χ2v) is 5.97. The molecule has 1 N–H and O–H groups in total. The Morgan fingerprint density at radius 3 is 2.73 bits per heavy atom. The number of carbonyl (C=O) groups is 1. The summed E-state index contributed by atoms with van der Waals surface area (Å²) in [4.78, 5) is 12.3. The molecule has 4 rings (SSSR count). The molecular formula is C19H18N6O. The fourth-order valence-electron chi connectivity index (χ4n) is 2.80. The third kappa shape index (κ3) is 3.46. The van der Waals surface area contributed by atoms with E-state index in [1.165, 1.54) is 0 Å². The van der Waals surface area contributed by atoms with Crippen LogP contribution in [0.4, 0.5) is 0 Å². The van der Waals surface area contributed by atoms with Crippen LogP contribution in [0.5, 0.6) is 0 Å². The van der Waals surface area contributed by atoms with E-state index < -0.39 is 0 Å². The first-order valence-electron chi connectivity index (χ1n) is 8.42. The molecule has 0 aliphatic rings. The van der Waals surface area contributed by atoms with E-state index in [-0.39, 0.29) is 5.91 Å². The zero-order valence-corrected chi connectivity index (χ0v) is 14.1. The lowest BCUT2D eigenvalue weighted by Gasteiger charge is -2.04. The molecule has 2 heterocycles. The van der Waals surface area contributed by atoms with Crippen LogP contribution in [0.2, 0.25) is 0 Å². The van der Waals surface area contributed by atoms with E-state index in [9.17, 15) is 4.79 Å². The van der Waals surface area contributed by atoms with Crippen molar-refractivity contribution in [1.82, 2.24) is 30.1 Å². The number of para-hydroxylation sites is 1. The largest absolute Gasteiger partial charge is 0.350 e. The smallest absolute Gasteiger partial charge is 0.254 e. The molecule has 2 aromatic carbocycles. The number of aromatic nitrogens is 5. The van der Waals surface area contributed by atoms with Crippen molar-refractivity contribution in [3.05, 3.63) is 78.1 Å². The van der Waals surface area contributed by atoms with Crippen molar-refractivity contribution >= 4 is 16.9 Å². The van der Waals surface area contributed by atoms with Crippen molar-refractivity contribution < 1.29 is 4.79 Å². The summed E-state index contributed by atoms with van der Waals surface area (Å²) < 4.78 is 3.55. The van der Waals surface area contributed by atoms with Crippen LogP contribution in [-0.4, -0.2) is 37.2 Å². The van der Waals surface area contributed by atoms with Gasteiger partial charge in [0, 0.05) is 12.7 Å². The maximum absolute atomic E-state index is 12.3. The van der Waals surface area contributed by atoms with Crippen LogP contribution in [0, 0.1) is 0 Å². The lowest BCUT2D eigenvalue weighted by atomic mass is 10.2. The molecule has 0 unspecified atom stereocenters. The summed E-state index contributed by atoms with van der Waals surface area (Å²) in [5.41, 5.74) is 3.49. The van der Waals surface area contributed by atoms with Crippen LogP contribution >= 0.6 is 0 Å². The van der Waals surface area contributed by atoms with E-state index >= 15 is 0 Å². The van der Waals surface area contributed by atoms with E-state index in [4.69, 9.17) is 0 Å². The monoisotopic (exact) mass is 346 g/mol. The highest BCUT2D eigenvalue weighted by Gasteiger charge is 2.09. The Bertz CT molecular complexity index is 1020. The van der Waals surface area contributed by atoms with Gasteiger partial charge in [0.25, 0.3) is 5.91 Å². The summed E-state index contributed by atoms with van der Waals surface area (Å²) >= 11 is 0. The Labute approximate surface area is 150 Å². The summed E-state index contributed by atoms with van der Waals surface area (Å²) in [7, 11) is 0. The summed E-state index contributed by atoms with van der Waals surface area (Å²) in [6.45, 7) is 1.67. The van der Waals surface area contributed by atoms with Gasteiger partial charge in [0.1, 0.15) is 5.52 Å². The minimum absolute atomic E-state index is 0.145. The minimum atomic E-state index is -0.145. The second kappa shape index (κ2) is 7.18. The van der Waals surface area contributed by atoms with Gasteiger partial charge in [0.15, 0.2) is 0 Å². The van der Waals surface area contributed by atoms with Crippen molar-refractivity contribution in [2.75, 3.05) is 6.54 Å². The SMILES string of the molecule is O=C(NCCn1nnc2ccccc21)c1cnn(Cc2ccccc2)c1. The molecule has 0 bridgehead atoms. The van der Waals surface area contributed by atoms with Crippen molar-refractivity contribution in [3.8, 4) is 0 Å². The third-order valence-corrected chi connectivity index (χ3v) is 4.11. The molecule has 0 fully saturated rings. The molecule has 4 aromatic rings. The maximum Gasteiger partial charge on any atom is 0.254 e. The van der Waals surface area contributed by atoms with E-state index in [1.807, 2.05) is 54.6 Å². The van der Waals surface area contributed by atoms with Crippen LogP contribution in [0.3, 0.4) is 0 Å². The van der Waals surface area contributed by atoms with Crippen molar-refractivity contribution in [2.45, 2.75) is 13.1 Å². The van der Waals surface area contributed by atoms with Gasteiger partial charge in [0.2, 0.25) is 0 Å². The Balaban J connectivity index is 1.34. The minimum Gasteiger partial charge on any atom is -0.350 e. The summed E-state index contributed by atoms with van der Waals surface area (Å²) in [5, 5.41) is 15.4. The highest BCUT2D eigenvalue weighted by Crippen LogP contribution is 2.09. The van der Waals surface area contributed by atoms with Gasteiger partial charge in [-0.3, -0.25) is 9.48 Å². The van der Waals surface area contributed by atoms with Gasteiger partial charge in [-0.1, -0.05) is 47.7 Å². The van der Waals surface area contributed by atoms with E-state index in [1.54, 1.807) is 21.8 Å². The average Bonchev–Trinajstić information content (AvgIpc) is 3.30. The van der Waals surface area contributed by atoms with Crippen LogP contribution in [0.15, 0.2) is 67.0 Å². The molecule has 0 radical (unpaired) electrons. The molecular weight excluding hydrogens is 328 g/mol. The number of hydrogen-bond donors (Lipinski definition) is 1. The highest BCUT2D eigenvalue weighted by atomic mass is 16.1. The number of rotatable bonds is 6. The van der Waals surface area contributed by atoms with E-state index in [0.29, 0.717) is 25.2 Å². The van der Waals surface area contributed by atoms with Gasteiger partial charge >= 0.3 is 0 Å². The molecule has 0 saturated carbocycles. The Morgan fingerprint density at radius 2 is 1.85 bits per heavy atom. The van der Waals surface area contributed by atoms with Gasteiger partial charge in [-0.2, -0.15) is 5.10 Å². The molecule has 7 nitrogen and oxygen atoms in total.